The van der Waals surface area contributed by atoms with E-state index >= 15 is 0 Å². The summed E-state index contributed by atoms with van der Waals surface area (Å²) in [5.74, 6) is 0.622. The van der Waals surface area contributed by atoms with Crippen molar-refractivity contribution in [1.82, 2.24) is 5.43 Å². The molecule has 0 bridgehead atoms. The minimum absolute atomic E-state index is 0.128. The van der Waals surface area contributed by atoms with Crippen molar-refractivity contribution in [2.45, 2.75) is 25.7 Å². The first-order valence-electron chi connectivity index (χ1n) is 6.97. The molecule has 0 unspecified atom stereocenters. The Hall–Kier alpha value is -2.14. The van der Waals surface area contributed by atoms with Gasteiger partial charge in [-0.15, -0.1) is 11.3 Å². The largest absolute Gasteiger partial charge is 0.465 e. The highest BCUT2D eigenvalue weighted by Crippen LogP contribution is 2.30. The van der Waals surface area contributed by atoms with Gasteiger partial charge in [0.1, 0.15) is 5.76 Å². The quantitative estimate of drug-likeness (QED) is 0.692. The summed E-state index contributed by atoms with van der Waals surface area (Å²) in [6.07, 6.45) is 11.2. The molecule has 2 aromatic heterocycles. The van der Waals surface area contributed by atoms with Crippen LogP contribution in [-0.2, 0) is 12.8 Å². The van der Waals surface area contributed by atoms with Crippen LogP contribution in [0.1, 0.15) is 39.4 Å². The summed E-state index contributed by atoms with van der Waals surface area (Å²) in [6.45, 7) is 0. The van der Waals surface area contributed by atoms with Crippen LogP contribution < -0.4 is 5.43 Å². The van der Waals surface area contributed by atoms with Gasteiger partial charge in [0.05, 0.1) is 11.8 Å². The molecule has 0 radical (unpaired) electrons. The Morgan fingerprint density at radius 2 is 2.29 bits per heavy atom. The van der Waals surface area contributed by atoms with E-state index < -0.39 is 0 Å². The lowest BCUT2D eigenvalue weighted by Gasteiger charge is -2.11. The molecule has 3 rings (SSSR count). The van der Waals surface area contributed by atoms with Crippen molar-refractivity contribution >= 4 is 29.5 Å². The Balaban J connectivity index is 1.58. The van der Waals surface area contributed by atoms with Gasteiger partial charge in [0.25, 0.3) is 5.91 Å². The fraction of sp³-hybridized carbons (Fsp3) is 0.250. The van der Waals surface area contributed by atoms with Gasteiger partial charge < -0.3 is 4.42 Å². The van der Waals surface area contributed by atoms with E-state index in [1.165, 1.54) is 23.3 Å². The lowest BCUT2D eigenvalue weighted by molar-refractivity contribution is 0.0954. The van der Waals surface area contributed by atoms with E-state index in [0.29, 0.717) is 0 Å². The third-order valence-electron chi connectivity index (χ3n) is 3.44. The van der Waals surface area contributed by atoms with Crippen molar-refractivity contribution in [3.05, 3.63) is 51.6 Å². The number of carbonyl (C=O) groups excluding carboxylic acids is 1. The molecule has 0 spiro atoms. The number of furan rings is 1. The van der Waals surface area contributed by atoms with Crippen molar-refractivity contribution in [2.75, 3.05) is 0 Å². The summed E-state index contributed by atoms with van der Waals surface area (Å²) in [7, 11) is 0. The average molecular weight is 300 g/mol. The van der Waals surface area contributed by atoms with E-state index in [1.807, 2.05) is 17.5 Å². The second-order valence-electron chi connectivity index (χ2n) is 4.85. The van der Waals surface area contributed by atoms with Crippen molar-refractivity contribution in [3.8, 4) is 0 Å². The lowest BCUT2D eigenvalue weighted by Crippen LogP contribution is -2.19. The van der Waals surface area contributed by atoms with Gasteiger partial charge in [-0.2, -0.15) is 5.10 Å². The average Bonchev–Trinajstić information content (AvgIpc) is 3.16. The molecule has 1 amide bonds. The second kappa shape index (κ2) is 6.54. The number of thiophene rings is 1. The number of nitrogens with zero attached hydrogens (tertiary/aromatic N) is 1. The van der Waals surface area contributed by atoms with Crippen molar-refractivity contribution < 1.29 is 9.21 Å². The number of allylic oxidation sites excluding steroid dienone is 1. The number of nitrogens with one attached hydrogen (secondary N) is 1. The van der Waals surface area contributed by atoms with Gasteiger partial charge in [0, 0.05) is 16.5 Å². The standard InChI is InChI=1S/C16H16N2O2S/c19-16(14-11-21-15-8-2-1-7-13(14)15)18-17-9-3-5-12-6-4-10-20-12/h3-6,9-11H,1-2,7-8H2,(H,18,19). The minimum Gasteiger partial charge on any atom is -0.465 e. The fourth-order valence-corrected chi connectivity index (χ4v) is 3.53. The van der Waals surface area contributed by atoms with Crippen LogP contribution in [0.3, 0.4) is 0 Å². The molecule has 21 heavy (non-hydrogen) atoms. The Morgan fingerprint density at radius 1 is 1.38 bits per heavy atom. The molecular formula is C16H16N2O2S. The highest BCUT2D eigenvalue weighted by molar-refractivity contribution is 7.10. The smallest absolute Gasteiger partial charge is 0.272 e. The van der Waals surface area contributed by atoms with E-state index in [4.69, 9.17) is 4.42 Å². The van der Waals surface area contributed by atoms with E-state index in [0.717, 1.165) is 24.2 Å². The maximum absolute atomic E-state index is 12.1. The van der Waals surface area contributed by atoms with Crippen molar-refractivity contribution in [1.29, 1.82) is 0 Å². The Morgan fingerprint density at radius 3 is 3.14 bits per heavy atom. The molecule has 1 aliphatic rings. The number of hydrogen-bond acceptors (Lipinski definition) is 4. The molecule has 1 aliphatic carbocycles. The van der Waals surface area contributed by atoms with Crippen molar-refractivity contribution in [3.63, 3.8) is 0 Å². The van der Waals surface area contributed by atoms with E-state index in [1.54, 1.807) is 36.0 Å². The number of carbonyl (C=O) groups is 1. The summed E-state index contributed by atoms with van der Waals surface area (Å²) in [4.78, 5) is 13.5. The van der Waals surface area contributed by atoms with Crippen LogP contribution in [0.5, 0.6) is 0 Å². The molecule has 0 saturated carbocycles. The number of hydrazone groups is 1. The summed E-state index contributed by atoms with van der Waals surface area (Å²) in [5, 5.41) is 5.87. The predicted molar refractivity (Wildman–Crippen MR) is 84.7 cm³/mol. The van der Waals surface area contributed by atoms with Gasteiger partial charge in [-0.1, -0.05) is 0 Å². The highest BCUT2D eigenvalue weighted by Gasteiger charge is 2.19. The summed E-state index contributed by atoms with van der Waals surface area (Å²) >= 11 is 1.68. The summed E-state index contributed by atoms with van der Waals surface area (Å²) < 4.78 is 5.15. The molecule has 0 aliphatic heterocycles. The first-order valence-corrected chi connectivity index (χ1v) is 7.85. The lowest BCUT2D eigenvalue weighted by atomic mass is 9.96. The van der Waals surface area contributed by atoms with Crippen LogP contribution in [0, 0.1) is 0 Å². The topological polar surface area (TPSA) is 54.6 Å². The molecule has 4 nitrogen and oxygen atoms in total. The molecule has 0 aromatic carbocycles. The van der Waals surface area contributed by atoms with E-state index in [-0.39, 0.29) is 5.91 Å². The molecule has 1 N–H and O–H groups in total. The van der Waals surface area contributed by atoms with Gasteiger partial charge >= 0.3 is 0 Å². The Labute approximate surface area is 127 Å². The normalized spacial score (nSPS) is 14.7. The second-order valence-corrected chi connectivity index (χ2v) is 5.82. The third kappa shape index (κ3) is 3.31. The van der Waals surface area contributed by atoms with Crippen LogP contribution in [0.4, 0.5) is 0 Å². The van der Waals surface area contributed by atoms with Crippen LogP contribution >= 0.6 is 11.3 Å². The summed E-state index contributed by atoms with van der Waals surface area (Å²) in [5.41, 5.74) is 4.56. The van der Waals surface area contributed by atoms with Crippen LogP contribution in [0.15, 0.2) is 39.4 Å². The Bertz CT molecular complexity index is 669. The van der Waals surface area contributed by atoms with E-state index in [2.05, 4.69) is 10.5 Å². The molecule has 108 valence electrons. The Kier molecular flexibility index (Phi) is 4.31. The van der Waals surface area contributed by atoms with Gasteiger partial charge in [-0.05, 0) is 55.5 Å². The monoisotopic (exact) mass is 300 g/mol. The molecule has 0 atom stereocenters. The molecule has 0 fully saturated rings. The number of aryl methyl sites for hydroxylation is 1. The van der Waals surface area contributed by atoms with Gasteiger partial charge in [-0.3, -0.25) is 4.79 Å². The number of fused-ring (bicyclic) bond motifs is 1. The zero-order chi connectivity index (χ0) is 14.5. The maximum atomic E-state index is 12.1. The highest BCUT2D eigenvalue weighted by atomic mass is 32.1. The fourth-order valence-electron chi connectivity index (χ4n) is 2.41. The van der Waals surface area contributed by atoms with Gasteiger partial charge in [-0.25, -0.2) is 5.43 Å². The van der Waals surface area contributed by atoms with Crippen LogP contribution in [-0.4, -0.2) is 12.1 Å². The maximum Gasteiger partial charge on any atom is 0.272 e. The number of rotatable bonds is 4. The molecule has 0 saturated heterocycles. The molecule has 2 aromatic rings. The first kappa shape index (κ1) is 13.8. The van der Waals surface area contributed by atoms with Crippen LogP contribution in [0.2, 0.25) is 0 Å². The number of amides is 1. The SMILES string of the molecule is O=C(NN=CC=Cc1ccco1)c1csc2c1CCCC2. The minimum atomic E-state index is -0.128. The number of hydrogen-bond donors (Lipinski definition) is 1. The zero-order valence-electron chi connectivity index (χ0n) is 11.5. The summed E-state index contributed by atoms with van der Waals surface area (Å²) in [6, 6.07) is 3.67. The molecular weight excluding hydrogens is 284 g/mol. The molecule has 2 heterocycles. The van der Waals surface area contributed by atoms with Gasteiger partial charge in [0.15, 0.2) is 0 Å². The van der Waals surface area contributed by atoms with Gasteiger partial charge in [0.2, 0.25) is 0 Å². The predicted octanol–water partition coefficient (Wildman–Crippen LogP) is 3.65. The third-order valence-corrected chi connectivity index (χ3v) is 4.52. The molecule has 5 heteroatoms. The van der Waals surface area contributed by atoms with Crippen molar-refractivity contribution in [2.24, 2.45) is 5.10 Å². The van der Waals surface area contributed by atoms with E-state index in [9.17, 15) is 4.79 Å². The zero-order valence-corrected chi connectivity index (χ0v) is 12.4. The van der Waals surface area contributed by atoms with Crippen LogP contribution in [0.25, 0.3) is 6.08 Å². The first-order chi connectivity index (χ1) is 10.3.